The third kappa shape index (κ3) is 1.94. The van der Waals surface area contributed by atoms with Gasteiger partial charge in [0.25, 0.3) is 0 Å². The van der Waals surface area contributed by atoms with E-state index in [2.05, 4.69) is 6.08 Å². The Balaban J connectivity index is 2.40. The number of hydrogen-bond donors (Lipinski definition) is 1. The number of nitrogens with zero attached hydrogens (tertiary/aromatic N) is 1. The fourth-order valence-electron chi connectivity index (χ4n) is 2.07. The lowest BCUT2D eigenvalue weighted by molar-refractivity contribution is -0.116. The minimum atomic E-state index is 0.0195. The SMILES string of the molecule is CC(=O)N(C1=CCCC1)c1ccccc1N. The van der Waals surface area contributed by atoms with Crippen LogP contribution in [-0.2, 0) is 4.79 Å². The van der Waals surface area contributed by atoms with Crippen LogP contribution in [0.15, 0.2) is 36.0 Å². The molecule has 0 unspecified atom stereocenters. The molecule has 0 saturated heterocycles. The molecular formula is C13H16N2O. The van der Waals surface area contributed by atoms with Crippen LogP contribution in [0.2, 0.25) is 0 Å². The van der Waals surface area contributed by atoms with E-state index in [1.807, 2.05) is 24.3 Å². The standard InChI is InChI=1S/C13H16N2O/c1-10(16)15(11-6-2-3-7-11)13-9-5-4-8-12(13)14/h4-6,8-9H,2-3,7,14H2,1H3. The van der Waals surface area contributed by atoms with Gasteiger partial charge in [-0.3, -0.25) is 9.69 Å². The Bertz CT molecular complexity index is 437. The Morgan fingerprint density at radius 2 is 2.12 bits per heavy atom. The number of amides is 1. The second-order valence-corrected chi connectivity index (χ2v) is 4.00. The van der Waals surface area contributed by atoms with Crippen molar-refractivity contribution >= 4 is 17.3 Å². The molecule has 16 heavy (non-hydrogen) atoms. The molecule has 1 aliphatic carbocycles. The molecule has 2 N–H and O–H groups in total. The van der Waals surface area contributed by atoms with Crippen LogP contribution >= 0.6 is 0 Å². The largest absolute Gasteiger partial charge is 0.397 e. The zero-order valence-corrected chi connectivity index (χ0v) is 9.44. The predicted octanol–water partition coefficient (Wildman–Crippen LogP) is 2.69. The van der Waals surface area contributed by atoms with Gasteiger partial charge in [-0.05, 0) is 31.4 Å². The van der Waals surface area contributed by atoms with E-state index >= 15 is 0 Å². The molecule has 1 aromatic rings. The molecule has 0 atom stereocenters. The number of benzene rings is 1. The van der Waals surface area contributed by atoms with Crippen molar-refractivity contribution in [1.82, 2.24) is 0 Å². The van der Waals surface area contributed by atoms with Crippen LogP contribution in [0.3, 0.4) is 0 Å². The summed E-state index contributed by atoms with van der Waals surface area (Å²) >= 11 is 0. The van der Waals surface area contributed by atoms with Crippen molar-refractivity contribution in [3.8, 4) is 0 Å². The first kappa shape index (κ1) is 10.7. The van der Waals surface area contributed by atoms with Gasteiger partial charge in [-0.1, -0.05) is 18.2 Å². The summed E-state index contributed by atoms with van der Waals surface area (Å²) in [6.07, 6.45) is 5.24. The van der Waals surface area contributed by atoms with Crippen molar-refractivity contribution in [2.45, 2.75) is 26.2 Å². The van der Waals surface area contributed by atoms with Gasteiger partial charge in [0.15, 0.2) is 0 Å². The molecule has 0 saturated carbocycles. The van der Waals surface area contributed by atoms with E-state index in [1.165, 1.54) is 0 Å². The molecule has 1 aromatic carbocycles. The van der Waals surface area contributed by atoms with Crippen molar-refractivity contribution in [2.75, 3.05) is 10.6 Å². The van der Waals surface area contributed by atoms with E-state index in [0.717, 1.165) is 30.6 Å². The Morgan fingerprint density at radius 1 is 1.38 bits per heavy atom. The number of para-hydroxylation sites is 2. The van der Waals surface area contributed by atoms with Crippen molar-refractivity contribution in [3.05, 3.63) is 36.0 Å². The minimum absolute atomic E-state index is 0.0195. The summed E-state index contributed by atoms with van der Waals surface area (Å²) in [5.74, 6) is 0.0195. The first-order chi connectivity index (χ1) is 7.70. The van der Waals surface area contributed by atoms with Gasteiger partial charge >= 0.3 is 0 Å². The van der Waals surface area contributed by atoms with Crippen molar-refractivity contribution in [1.29, 1.82) is 0 Å². The zero-order valence-electron chi connectivity index (χ0n) is 9.44. The summed E-state index contributed by atoms with van der Waals surface area (Å²) in [4.78, 5) is 13.4. The number of anilines is 2. The van der Waals surface area contributed by atoms with Crippen LogP contribution in [0.5, 0.6) is 0 Å². The van der Waals surface area contributed by atoms with E-state index in [1.54, 1.807) is 11.8 Å². The average Bonchev–Trinajstić information content (AvgIpc) is 2.74. The van der Waals surface area contributed by atoms with Crippen molar-refractivity contribution in [2.24, 2.45) is 0 Å². The van der Waals surface area contributed by atoms with Crippen LogP contribution in [0, 0.1) is 0 Å². The first-order valence-electron chi connectivity index (χ1n) is 5.54. The molecule has 0 bridgehead atoms. The predicted molar refractivity (Wildman–Crippen MR) is 65.9 cm³/mol. The fourth-order valence-corrected chi connectivity index (χ4v) is 2.07. The first-order valence-corrected chi connectivity index (χ1v) is 5.54. The van der Waals surface area contributed by atoms with Crippen LogP contribution in [0.1, 0.15) is 26.2 Å². The van der Waals surface area contributed by atoms with Gasteiger partial charge in [0.05, 0.1) is 11.4 Å². The molecule has 84 valence electrons. The van der Waals surface area contributed by atoms with Gasteiger partial charge in [0.2, 0.25) is 5.91 Å². The van der Waals surface area contributed by atoms with E-state index < -0.39 is 0 Å². The number of carbonyl (C=O) groups is 1. The molecule has 0 heterocycles. The second-order valence-electron chi connectivity index (χ2n) is 4.00. The van der Waals surface area contributed by atoms with Crippen molar-refractivity contribution < 1.29 is 4.79 Å². The lowest BCUT2D eigenvalue weighted by Crippen LogP contribution is -2.27. The maximum Gasteiger partial charge on any atom is 0.228 e. The summed E-state index contributed by atoms with van der Waals surface area (Å²) in [7, 11) is 0. The Kier molecular flexibility index (Phi) is 2.95. The number of nitrogens with two attached hydrogens (primary N) is 1. The zero-order chi connectivity index (χ0) is 11.5. The number of hydrogen-bond acceptors (Lipinski definition) is 2. The Morgan fingerprint density at radius 3 is 2.69 bits per heavy atom. The lowest BCUT2D eigenvalue weighted by atomic mass is 10.2. The summed E-state index contributed by atoms with van der Waals surface area (Å²) in [5.41, 5.74) is 8.42. The highest BCUT2D eigenvalue weighted by molar-refractivity contribution is 5.97. The molecule has 0 radical (unpaired) electrons. The topological polar surface area (TPSA) is 46.3 Å². The van der Waals surface area contributed by atoms with Crippen molar-refractivity contribution in [3.63, 3.8) is 0 Å². The normalized spacial score (nSPS) is 14.7. The number of allylic oxidation sites excluding steroid dienone is 2. The van der Waals surface area contributed by atoms with Crippen LogP contribution in [-0.4, -0.2) is 5.91 Å². The highest BCUT2D eigenvalue weighted by atomic mass is 16.2. The molecule has 0 aromatic heterocycles. The molecule has 1 aliphatic rings. The van der Waals surface area contributed by atoms with Crippen LogP contribution in [0.4, 0.5) is 11.4 Å². The van der Waals surface area contributed by atoms with Gasteiger partial charge in [0.1, 0.15) is 0 Å². The van der Waals surface area contributed by atoms with Gasteiger partial charge in [-0.15, -0.1) is 0 Å². The molecule has 3 nitrogen and oxygen atoms in total. The molecule has 1 amide bonds. The van der Waals surface area contributed by atoms with Crippen LogP contribution < -0.4 is 10.6 Å². The lowest BCUT2D eigenvalue weighted by Gasteiger charge is -2.23. The second kappa shape index (κ2) is 4.39. The fraction of sp³-hybridized carbons (Fsp3) is 0.308. The van der Waals surface area contributed by atoms with Crippen LogP contribution in [0.25, 0.3) is 0 Å². The van der Waals surface area contributed by atoms with E-state index in [9.17, 15) is 4.79 Å². The maximum atomic E-state index is 11.7. The molecular weight excluding hydrogens is 200 g/mol. The van der Waals surface area contributed by atoms with Gasteiger partial charge in [-0.2, -0.15) is 0 Å². The summed E-state index contributed by atoms with van der Waals surface area (Å²) in [5, 5.41) is 0. The maximum absolute atomic E-state index is 11.7. The number of rotatable bonds is 2. The Labute approximate surface area is 95.6 Å². The van der Waals surface area contributed by atoms with E-state index in [4.69, 9.17) is 5.73 Å². The third-order valence-corrected chi connectivity index (χ3v) is 2.80. The van der Waals surface area contributed by atoms with E-state index in [0.29, 0.717) is 5.69 Å². The summed E-state index contributed by atoms with van der Waals surface area (Å²) in [6, 6.07) is 7.48. The average molecular weight is 216 g/mol. The quantitative estimate of drug-likeness (QED) is 0.772. The molecule has 0 spiro atoms. The number of carbonyl (C=O) groups excluding carboxylic acids is 1. The monoisotopic (exact) mass is 216 g/mol. The molecule has 3 heteroatoms. The minimum Gasteiger partial charge on any atom is -0.397 e. The van der Waals surface area contributed by atoms with Gasteiger partial charge < -0.3 is 5.73 Å². The summed E-state index contributed by atoms with van der Waals surface area (Å²) in [6.45, 7) is 1.58. The molecule has 2 rings (SSSR count). The Hall–Kier alpha value is -1.77. The van der Waals surface area contributed by atoms with E-state index in [-0.39, 0.29) is 5.91 Å². The highest BCUT2D eigenvalue weighted by Gasteiger charge is 2.20. The third-order valence-electron chi connectivity index (χ3n) is 2.80. The van der Waals surface area contributed by atoms with Gasteiger partial charge in [-0.25, -0.2) is 0 Å². The molecule has 0 fully saturated rings. The van der Waals surface area contributed by atoms with Gasteiger partial charge in [0, 0.05) is 12.6 Å². The smallest absolute Gasteiger partial charge is 0.228 e. The number of nitrogen functional groups attached to an aromatic ring is 1. The highest BCUT2D eigenvalue weighted by Crippen LogP contribution is 2.31. The summed E-state index contributed by atoms with van der Waals surface area (Å²) < 4.78 is 0. The molecule has 0 aliphatic heterocycles.